The van der Waals surface area contributed by atoms with Crippen LogP contribution in [0.25, 0.3) is 11.0 Å². The number of anilines is 2. The molecule has 0 amide bonds. The Kier molecular flexibility index (Phi) is 6.20. The Morgan fingerprint density at radius 3 is 2.56 bits per heavy atom. The van der Waals surface area contributed by atoms with Gasteiger partial charge in [-0.3, -0.25) is 4.98 Å². The smallest absolute Gasteiger partial charge is 0.213 e. The van der Waals surface area contributed by atoms with E-state index < -0.39 is 0 Å². The van der Waals surface area contributed by atoms with Gasteiger partial charge in [-0.1, -0.05) is 0 Å². The molecule has 0 radical (unpaired) electrons. The van der Waals surface area contributed by atoms with E-state index in [1.165, 1.54) is 0 Å². The van der Waals surface area contributed by atoms with E-state index >= 15 is 0 Å². The molecule has 0 unspecified atom stereocenters. The average molecular weight is 436 g/mol. The number of benzene rings is 1. The van der Waals surface area contributed by atoms with Crippen LogP contribution in [0.4, 0.5) is 11.4 Å². The Morgan fingerprint density at radius 2 is 1.81 bits per heavy atom. The molecule has 0 atom stereocenters. The van der Waals surface area contributed by atoms with Gasteiger partial charge in [0.05, 0.1) is 43.8 Å². The number of nitrogens with zero attached hydrogens (tertiary/aromatic N) is 4. The molecule has 1 aromatic carbocycles. The first-order chi connectivity index (χ1) is 15.8. The SMILES string of the molecule is COc1ccc(NC2CCC(Oc3cc(N4CCOCC4)cc4nccnc34)CC2)cn1. The summed E-state index contributed by atoms with van der Waals surface area (Å²) in [5.41, 5.74) is 3.84. The molecule has 1 aliphatic carbocycles. The van der Waals surface area contributed by atoms with E-state index in [9.17, 15) is 0 Å². The molecule has 0 bridgehead atoms. The summed E-state index contributed by atoms with van der Waals surface area (Å²) in [6.45, 7) is 3.25. The molecule has 2 aromatic heterocycles. The monoisotopic (exact) mass is 435 g/mol. The summed E-state index contributed by atoms with van der Waals surface area (Å²) in [5, 5.41) is 3.58. The molecular formula is C24H29N5O3. The lowest BCUT2D eigenvalue weighted by atomic mass is 9.92. The predicted octanol–water partition coefficient (Wildman–Crippen LogP) is 3.67. The van der Waals surface area contributed by atoms with Gasteiger partial charge in [-0.25, -0.2) is 9.97 Å². The molecule has 2 fully saturated rings. The van der Waals surface area contributed by atoms with Crippen LogP contribution in [0.2, 0.25) is 0 Å². The lowest BCUT2D eigenvalue weighted by Crippen LogP contribution is -2.36. The van der Waals surface area contributed by atoms with Crippen molar-refractivity contribution in [2.24, 2.45) is 0 Å². The molecule has 8 heteroatoms. The van der Waals surface area contributed by atoms with Crippen LogP contribution in [0.3, 0.4) is 0 Å². The van der Waals surface area contributed by atoms with Crippen molar-refractivity contribution in [3.8, 4) is 11.6 Å². The maximum absolute atomic E-state index is 6.51. The van der Waals surface area contributed by atoms with Crippen LogP contribution < -0.4 is 19.7 Å². The van der Waals surface area contributed by atoms with E-state index in [0.717, 1.165) is 80.1 Å². The fourth-order valence-electron chi connectivity index (χ4n) is 4.45. The second-order valence-corrected chi connectivity index (χ2v) is 8.29. The van der Waals surface area contributed by atoms with Crippen molar-refractivity contribution < 1.29 is 14.2 Å². The quantitative estimate of drug-likeness (QED) is 0.628. The number of fused-ring (bicyclic) bond motifs is 1. The van der Waals surface area contributed by atoms with Gasteiger partial charge >= 0.3 is 0 Å². The Labute approximate surface area is 187 Å². The van der Waals surface area contributed by atoms with Gasteiger partial charge in [0.15, 0.2) is 0 Å². The van der Waals surface area contributed by atoms with Crippen LogP contribution in [-0.4, -0.2) is 60.5 Å². The van der Waals surface area contributed by atoms with E-state index in [-0.39, 0.29) is 6.10 Å². The summed E-state index contributed by atoms with van der Waals surface area (Å²) in [7, 11) is 1.63. The van der Waals surface area contributed by atoms with Gasteiger partial charge in [0.1, 0.15) is 11.3 Å². The molecule has 2 aliphatic rings. The van der Waals surface area contributed by atoms with Gasteiger partial charge in [0.25, 0.3) is 0 Å². The zero-order valence-corrected chi connectivity index (χ0v) is 18.4. The predicted molar refractivity (Wildman–Crippen MR) is 124 cm³/mol. The van der Waals surface area contributed by atoms with Crippen LogP contribution in [-0.2, 0) is 4.74 Å². The van der Waals surface area contributed by atoms with Crippen molar-refractivity contribution in [3.05, 3.63) is 42.9 Å². The largest absolute Gasteiger partial charge is 0.488 e. The second kappa shape index (κ2) is 9.56. The Hall–Kier alpha value is -3.13. The molecule has 1 saturated carbocycles. The van der Waals surface area contributed by atoms with E-state index in [0.29, 0.717) is 11.9 Å². The third kappa shape index (κ3) is 4.70. The zero-order valence-electron chi connectivity index (χ0n) is 18.4. The van der Waals surface area contributed by atoms with Crippen molar-refractivity contribution in [2.75, 3.05) is 43.6 Å². The lowest BCUT2D eigenvalue weighted by Gasteiger charge is -2.31. The highest BCUT2D eigenvalue weighted by Gasteiger charge is 2.24. The number of nitrogens with one attached hydrogen (secondary N) is 1. The lowest BCUT2D eigenvalue weighted by molar-refractivity contribution is 0.122. The molecule has 8 nitrogen and oxygen atoms in total. The number of pyridine rings is 1. The Balaban J connectivity index is 1.25. The topological polar surface area (TPSA) is 81.6 Å². The number of rotatable bonds is 6. The number of hydrogen-bond donors (Lipinski definition) is 1. The molecule has 5 rings (SSSR count). The summed E-state index contributed by atoms with van der Waals surface area (Å²) < 4.78 is 17.2. The maximum Gasteiger partial charge on any atom is 0.213 e. The minimum absolute atomic E-state index is 0.173. The first kappa shape index (κ1) is 20.8. The summed E-state index contributed by atoms with van der Waals surface area (Å²) in [5.74, 6) is 1.45. The molecule has 168 valence electrons. The number of aromatic nitrogens is 3. The molecule has 32 heavy (non-hydrogen) atoms. The van der Waals surface area contributed by atoms with E-state index in [1.807, 2.05) is 18.3 Å². The number of hydrogen-bond acceptors (Lipinski definition) is 8. The normalized spacial score (nSPS) is 21.3. The molecule has 0 spiro atoms. The van der Waals surface area contributed by atoms with Crippen molar-refractivity contribution in [3.63, 3.8) is 0 Å². The number of morpholine rings is 1. The first-order valence-electron chi connectivity index (χ1n) is 11.3. The zero-order chi connectivity index (χ0) is 21.8. The van der Waals surface area contributed by atoms with E-state index in [2.05, 4.69) is 37.3 Å². The number of methoxy groups -OCH3 is 1. The van der Waals surface area contributed by atoms with Gasteiger partial charge < -0.3 is 24.4 Å². The van der Waals surface area contributed by atoms with Gasteiger partial charge in [-0.05, 0) is 37.8 Å². The minimum atomic E-state index is 0.173. The fourth-order valence-corrected chi connectivity index (χ4v) is 4.45. The highest BCUT2D eigenvalue weighted by molar-refractivity contribution is 5.85. The minimum Gasteiger partial charge on any atom is -0.488 e. The molecule has 1 aliphatic heterocycles. The Bertz CT molecular complexity index is 1030. The van der Waals surface area contributed by atoms with Crippen LogP contribution in [0.15, 0.2) is 42.9 Å². The summed E-state index contributed by atoms with van der Waals surface area (Å²) in [6.07, 6.45) is 9.53. The highest BCUT2D eigenvalue weighted by atomic mass is 16.5. The molecule has 1 saturated heterocycles. The first-order valence-corrected chi connectivity index (χ1v) is 11.3. The second-order valence-electron chi connectivity index (χ2n) is 8.29. The van der Waals surface area contributed by atoms with Gasteiger partial charge in [0, 0.05) is 49.3 Å². The van der Waals surface area contributed by atoms with Crippen molar-refractivity contribution in [2.45, 2.75) is 37.8 Å². The molecule has 3 heterocycles. The van der Waals surface area contributed by atoms with Crippen molar-refractivity contribution in [1.82, 2.24) is 15.0 Å². The van der Waals surface area contributed by atoms with Gasteiger partial charge in [-0.15, -0.1) is 0 Å². The van der Waals surface area contributed by atoms with E-state index in [4.69, 9.17) is 14.2 Å². The van der Waals surface area contributed by atoms with Crippen molar-refractivity contribution in [1.29, 1.82) is 0 Å². The van der Waals surface area contributed by atoms with Crippen molar-refractivity contribution >= 4 is 22.4 Å². The van der Waals surface area contributed by atoms with Gasteiger partial charge in [-0.2, -0.15) is 0 Å². The third-order valence-electron chi connectivity index (χ3n) is 6.18. The fraction of sp³-hybridized carbons (Fsp3) is 0.458. The number of ether oxygens (including phenoxy) is 3. The molecular weight excluding hydrogens is 406 g/mol. The highest BCUT2D eigenvalue weighted by Crippen LogP contribution is 2.33. The van der Waals surface area contributed by atoms with Crippen LogP contribution in [0.5, 0.6) is 11.6 Å². The Morgan fingerprint density at radius 1 is 1.00 bits per heavy atom. The molecule has 3 aromatic rings. The average Bonchev–Trinajstić information content (AvgIpc) is 2.86. The van der Waals surface area contributed by atoms with Crippen LogP contribution >= 0.6 is 0 Å². The van der Waals surface area contributed by atoms with Gasteiger partial charge in [0.2, 0.25) is 5.88 Å². The van der Waals surface area contributed by atoms with Crippen LogP contribution in [0.1, 0.15) is 25.7 Å². The van der Waals surface area contributed by atoms with Crippen LogP contribution in [0, 0.1) is 0 Å². The standard InChI is InChI=1S/C24H29N5O3/c1-30-23-7-4-18(16-27-23)28-17-2-5-20(6-3-17)32-22-15-19(29-10-12-31-13-11-29)14-21-24(22)26-9-8-25-21/h4,7-9,14-17,20,28H,2-3,5-6,10-13H2,1H3. The van der Waals surface area contributed by atoms with E-state index in [1.54, 1.807) is 19.5 Å². The third-order valence-corrected chi connectivity index (χ3v) is 6.18. The summed E-state index contributed by atoms with van der Waals surface area (Å²) in [4.78, 5) is 15.7. The summed E-state index contributed by atoms with van der Waals surface area (Å²) >= 11 is 0. The molecule has 1 N–H and O–H groups in total. The maximum atomic E-state index is 6.51. The summed E-state index contributed by atoms with van der Waals surface area (Å²) in [6, 6.07) is 8.53.